The summed E-state index contributed by atoms with van der Waals surface area (Å²) < 4.78 is 0. The molecular formula is C10H7ClN2OS. The van der Waals surface area contributed by atoms with Crippen LogP contribution in [0.4, 0.5) is 0 Å². The van der Waals surface area contributed by atoms with Crippen LogP contribution in [0.25, 0.3) is 10.2 Å². The molecule has 0 spiro atoms. The topological polar surface area (TPSA) is 42.9 Å². The molecule has 0 amide bonds. The lowest BCUT2D eigenvalue weighted by Gasteiger charge is -2.01. The van der Waals surface area contributed by atoms with Crippen molar-refractivity contribution in [2.75, 3.05) is 0 Å². The van der Waals surface area contributed by atoms with Gasteiger partial charge in [0.1, 0.15) is 22.6 Å². The second-order valence-corrected chi connectivity index (χ2v) is 5.01. The van der Waals surface area contributed by atoms with E-state index in [0.717, 1.165) is 34.9 Å². The largest absolute Gasteiger partial charge is 0.303 e. The number of aryl methyl sites for hydroxylation is 1. The first kappa shape index (κ1) is 9.24. The zero-order chi connectivity index (χ0) is 10.4. The van der Waals surface area contributed by atoms with E-state index in [-0.39, 0.29) is 5.92 Å². The van der Waals surface area contributed by atoms with Crippen LogP contribution in [0, 0.1) is 0 Å². The molecule has 0 saturated heterocycles. The second-order valence-electron chi connectivity index (χ2n) is 3.56. The van der Waals surface area contributed by atoms with Gasteiger partial charge in [0.15, 0.2) is 0 Å². The highest BCUT2D eigenvalue weighted by Gasteiger charge is 2.28. The molecule has 2 aromatic heterocycles. The Balaban J connectivity index is 2.39. The van der Waals surface area contributed by atoms with Gasteiger partial charge in [0, 0.05) is 10.8 Å². The Morgan fingerprint density at radius 1 is 1.53 bits per heavy atom. The molecule has 0 saturated carbocycles. The maximum Gasteiger partial charge on any atom is 0.141 e. The van der Waals surface area contributed by atoms with Gasteiger partial charge in [-0.3, -0.25) is 0 Å². The minimum Gasteiger partial charge on any atom is -0.303 e. The molecule has 1 unspecified atom stereocenters. The van der Waals surface area contributed by atoms with Gasteiger partial charge >= 0.3 is 0 Å². The van der Waals surface area contributed by atoms with E-state index >= 15 is 0 Å². The van der Waals surface area contributed by atoms with Crippen LogP contribution in [-0.2, 0) is 11.2 Å². The number of carbonyl (C=O) groups excluding carboxylic acids is 1. The summed E-state index contributed by atoms with van der Waals surface area (Å²) >= 11 is 7.67. The fraction of sp³-hybridized carbons (Fsp3) is 0.300. The van der Waals surface area contributed by atoms with E-state index in [4.69, 9.17) is 11.6 Å². The fourth-order valence-corrected chi connectivity index (χ4v) is 3.63. The molecule has 2 heterocycles. The minimum absolute atomic E-state index is 0.0164. The summed E-state index contributed by atoms with van der Waals surface area (Å²) in [5.74, 6) is -0.0164. The van der Waals surface area contributed by atoms with Crippen LogP contribution < -0.4 is 0 Å². The molecule has 0 bridgehead atoms. The molecule has 2 aromatic rings. The molecule has 1 aliphatic carbocycles. The van der Waals surface area contributed by atoms with Crippen LogP contribution in [0.5, 0.6) is 0 Å². The maximum atomic E-state index is 10.9. The fourth-order valence-electron chi connectivity index (χ4n) is 2.11. The summed E-state index contributed by atoms with van der Waals surface area (Å²) in [6.07, 6.45) is 4.31. The molecule has 1 aliphatic rings. The van der Waals surface area contributed by atoms with E-state index in [1.807, 2.05) is 0 Å². The first-order chi connectivity index (χ1) is 7.31. The number of hydrogen-bond acceptors (Lipinski definition) is 4. The summed E-state index contributed by atoms with van der Waals surface area (Å²) in [6.45, 7) is 0. The molecule has 1 atom stereocenters. The molecule has 76 valence electrons. The number of fused-ring (bicyclic) bond motifs is 3. The van der Waals surface area contributed by atoms with Crippen molar-refractivity contribution in [3.05, 3.63) is 21.9 Å². The highest BCUT2D eigenvalue weighted by molar-refractivity contribution is 7.19. The van der Waals surface area contributed by atoms with E-state index in [9.17, 15) is 4.79 Å². The Morgan fingerprint density at radius 2 is 2.40 bits per heavy atom. The normalized spacial score (nSPS) is 19.4. The van der Waals surface area contributed by atoms with Crippen LogP contribution in [0.3, 0.4) is 0 Å². The molecule has 0 N–H and O–H groups in total. The molecular weight excluding hydrogens is 232 g/mol. The Kier molecular flexibility index (Phi) is 2.00. The van der Waals surface area contributed by atoms with E-state index in [0.29, 0.717) is 5.15 Å². The minimum atomic E-state index is -0.0164. The van der Waals surface area contributed by atoms with Gasteiger partial charge in [-0.05, 0) is 18.4 Å². The Labute approximate surface area is 95.1 Å². The van der Waals surface area contributed by atoms with Crippen molar-refractivity contribution in [3.8, 4) is 0 Å². The first-order valence-corrected chi connectivity index (χ1v) is 5.87. The zero-order valence-corrected chi connectivity index (χ0v) is 9.31. The van der Waals surface area contributed by atoms with Crippen LogP contribution in [0.2, 0.25) is 5.15 Å². The quantitative estimate of drug-likeness (QED) is 0.567. The van der Waals surface area contributed by atoms with Gasteiger partial charge in [0.2, 0.25) is 0 Å². The molecule has 0 aromatic carbocycles. The Hall–Kier alpha value is -1.00. The van der Waals surface area contributed by atoms with Gasteiger partial charge in [-0.25, -0.2) is 9.97 Å². The van der Waals surface area contributed by atoms with Crippen molar-refractivity contribution in [1.82, 2.24) is 9.97 Å². The van der Waals surface area contributed by atoms with Crippen LogP contribution in [0.15, 0.2) is 6.33 Å². The molecule has 15 heavy (non-hydrogen) atoms. The molecule has 0 radical (unpaired) electrons. The summed E-state index contributed by atoms with van der Waals surface area (Å²) in [5.41, 5.74) is 1.07. The number of rotatable bonds is 1. The van der Waals surface area contributed by atoms with Gasteiger partial charge in [-0.15, -0.1) is 11.3 Å². The summed E-state index contributed by atoms with van der Waals surface area (Å²) in [7, 11) is 0. The predicted octanol–water partition coefficient (Wildman–Crippen LogP) is 2.57. The molecule has 5 heteroatoms. The van der Waals surface area contributed by atoms with E-state index in [1.165, 1.54) is 11.2 Å². The van der Waals surface area contributed by atoms with Gasteiger partial charge in [-0.1, -0.05) is 11.6 Å². The second kappa shape index (κ2) is 3.25. The van der Waals surface area contributed by atoms with Crippen LogP contribution in [0.1, 0.15) is 22.8 Å². The standard InChI is InChI=1S/C10H7ClN2OS/c11-9-8-7-5(3-14)1-2-6(7)15-10(8)13-4-12-9/h3-5H,1-2H2. The van der Waals surface area contributed by atoms with Crippen molar-refractivity contribution in [1.29, 1.82) is 0 Å². The van der Waals surface area contributed by atoms with Crippen LogP contribution in [-0.4, -0.2) is 16.3 Å². The number of aromatic nitrogens is 2. The van der Waals surface area contributed by atoms with Crippen LogP contribution >= 0.6 is 22.9 Å². The summed E-state index contributed by atoms with van der Waals surface area (Å²) in [6, 6.07) is 0. The number of nitrogens with zero attached hydrogens (tertiary/aromatic N) is 2. The zero-order valence-electron chi connectivity index (χ0n) is 7.74. The Bertz CT molecular complexity index is 552. The van der Waals surface area contributed by atoms with Crippen molar-refractivity contribution < 1.29 is 4.79 Å². The van der Waals surface area contributed by atoms with Gasteiger partial charge in [-0.2, -0.15) is 0 Å². The number of hydrogen-bond donors (Lipinski definition) is 0. The summed E-state index contributed by atoms with van der Waals surface area (Å²) in [5, 5.41) is 1.35. The lowest BCUT2D eigenvalue weighted by molar-refractivity contribution is -0.109. The third-order valence-electron chi connectivity index (χ3n) is 2.77. The van der Waals surface area contributed by atoms with Gasteiger partial charge in [0.05, 0.1) is 5.39 Å². The van der Waals surface area contributed by atoms with Crippen molar-refractivity contribution in [2.45, 2.75) is 18.8 Å². The lowest BCUT2D eigenvalue weighted by atomic mass is 10.0. The molecule has 3 rings (SSSR count). The number of aldehydes is 1. The number of carbonyl (C=O) groups is 1. The van der Waals surface area contributed by atoms with Crippen molar-refractivity contribution in [2.24, 2.45) is 0 Å². The Morgan fingerprint density at radius 3 is 3.20 bits per heavy atom. The molecule has 0 fully saturated rings. The third kappa shape index (κ3) is 1.21. The number of halogens is 1. The average molecular weight is 239 g/mol. The summed E-state index contributed by atoms with van der Waals surface area (Å²) in [4.78, 5) is 21.2. The van der Waals surface area contributed by atoms with E-state index < -0.39 is 0 Å². The highest BCUT2D eigenvalue weighted by Crippen LogP contribution is 2.43. The van der Waals surface area contributed by atoms with Gasteiger partial charge in [0.25, 0.3) is 0 Å². The lowest BCUT2D eigenvalue weighted by Crippen LogP contribution is -1.94. The SMILES string of the molecule is O=CC1CCc2sc3ncnc(Cl)c3c21. The predicted molar refractivity (Wildman–Crippen MR) is 59.6 cm³/mol. The van der Waals surface area contributed by atoms with E-state index in [2.05, 4.69) is 9.97 Å². The van der Waals surface area contributed by atoms with Crippen molar-refractivity contribution >= 4 is 39.4 Å². The van der Waals surface area contributed by atoms with Gasteiger partial charge < -0.3 is 4.79 Å². The number of thiophene rings is 1. The maximum absolute atomic E-state index is 10.9. The third-order valence-corrected chi connectivity index (χ3v) is 4.23. The van der Waals surface area contributed by atoms with E-state index in [1.54, 1.807) is 11.3 Å². The van der Waals surface area contributed by atoms with Crippen molar-refractivity contribution in [3.63, 3.8) is 0 Å². The molecule has 0 aliphatic heterocycles. The molecule has 3 nitrogen and oxygen atoms in total. The monoisotopic (exact) mass is 238 g/mol. The average Bonchev–Trinajstić information content (AvgIpc) is 2.75. The highest BCUT2D eigenvalue weighted by atomic mass is 35.5. The smallest absolute Gasteiger partial charge is 0.141 e. The first-order valence-electron chi connectivity index (χ1n) is 4.68.